The molecule has 24 heavy (non-hydrogen) atoms. The second-order valence-electron chi connectivity index (χ2n) is 6.81. The number of nitrogens with zero attached hydrogens (tertiary/aromatic N) is 2. The molecule has 5 heteroatoms. The molecule has 3 atom stereocenters. The lowest BCUT2D eigenvalue weighted by molar-refractivity contribution is -0.136. The summed E-state index contributed by atoms with van der Waals surface area (Å²) in [4.78, 5) is 28.6. The minimum absolute atomic E-state index is 0.00449. The molecule has 1 aromatic carbocycles. The van der Waals surface area contributed by atoms with Crippen LogP contribution in [0.4, 0.5) is 0 Å². The van der Waals surface area contributed by atoms with Gasteiger partial charge in [0, 0.05) is 38.1 Å². The smallest absolute Gasteiger partial charge is 0.245 e. The zero-order valence-electron chi connectivity index (χ0n) is 14.6. The molecule has 0 aromatic heterocycles. The summed E-state index contributed by atoms with van der Waals surface area (Å²) in [5.41, 5.74) is 1.32. The van der Waals surface area contributed by atoms with Gasteiger partial charge in [-0.3, -0.25) is 14.5 Å². The molecule has 3 unspecified atom stereocenters. The number of hydrogen-bond acceptors (Lipinski definition) is 3. The summed E-state index contributed by atoms with van der Waals surface area (Å²) in [7, 11) is 0. The Bertz CT molecular complexity index is 590. The fourth-order valence-corrected chi connectivity index (χ4v) is 3.91. The molecule has 0 aliphatic carbocycles. The average molecular weight is 329 g/mol. The monoisotopic (exact) mass is 329 g/mol. The second-order valence-corrected chi connectivity index (χ2v) is 6.81. The van der Waals surface area contributed by atoms with E-state index in [1.807, 2.05) is 17.9 Å². The van der Waals surface area contributed by atoms with Crippen LogP contribution in [0.2, 0.25) is 0 Å². The quantitative estimate of drug-likeness (QED) is 0.898. The molecular weight excluding hydrogens is 302 g/mol. The van der Waals surface area contributed by atoms with Crippen molar-refractivity contribution in [2.45, 2.75) is 51.2 Å². The fraction of sp³-hybridized carbons (Fsp3) is 0.579. The first kappa shape index (κ1) is 17.0. The van der Waals surface area contributed by atoms with Crippen LogP contribution in [-0.2, 0) is 9.59 Å². The molecule has 3 rings (SSSR count). The number of benzene rings is 1. The molecule has 0 radical (unpaired) electrons. The molecule has 5 nitrogen and oxygen atoms in total. The Kier molecular flexibility index (Phi) is 5.19. The maximum atomic E-state index is 12.7. The predicted octanol–water partition coefficient (Wildman–Crippen LogP) is 1.95. The van der Waals surface area contributed by atoms with Crippen molar-refractivity contribution in [2.75, 3.05) is 19.6 Å². The van der Waals surface area contributed by atoms with Gasteiger partial charge < -0.3 is 10.2 Å². The van der Waals surface area contributed by atoms with E-state index in [4.69, 9.17) is 0 Å². The third-order valence-corrected chi connectivity index (χ3v) is 5.38. The summed E-state index contributed by atoms with van der Waals surface area (Å²) in [6.45, 7) is 6.85. The highest BCUT2D eigenvalue weighted by Crippen LogP contribution is 2.27. The summed E-state index contributed by atoms with van der Waals surface area (Å²) >= 11 is 0. The molecule has 1 N–H and O–H groups in total. The SMILES string of the molecule is CCN(C(=O)C1CCC(=O)N1)C1CCN(C(C)c2ccccc2)C1. The van der Waals surface area contributed by atoms with Crippen LogP contribution in [0.1, 0.15) is 44.7 Å². The van der Waals surface area contributed by atoms with Gasteiger partial charge in [0.15, 0.2) is 0 Å². The van der Waals surface area contributed by atoms with Crippen molar-refractivity contribution in [2.24, 2.45) is 0 Å². The average Bonchev–Trinajstić information content (AvgIpc) is 3.25. The lowest BCUT2D eigenvalue weighted by Gasteiger charge is -2.31. The zero-order valence-corrected chi connectivity index (χ0v) is 14.6. The highest BCUT2D eigenvalue weighted by molar-refractivity contribution is 5.91. The molecule has 2 aliphatic heterocycles. The van der Waals surface area contributed by atoms with Crippen LogP contribution in [0.15, 0.2) is 30.3 Å². The minimum atomic E-state index is -0.321. The maximum Gasteiger partial charge on any atom is 0.245 e. The number of carbonyl (C=O) groups excluding carboxylic acids is 2. The summed E-state index contributed by atoms with van der Waals surface area (Å²) in [5.74, 6) is 0.0812. The van der Waals surface area contributed by atoms with E-state index in [1.165, 1.54) is 5.56 Å². The minimum Gasteiger partial charge on any atom is -0.344 e. The van der Waals surface area contributed by atoms with E-state index in [2.05, 4.69) is 41.4 Å². The third kappa shape index (κ3) is 3.46. The third-order valence-electron chi connectivity index (χ3n) is 5.38. The molecule has 130 valence electrons. The van der Waals surface area contributed by atoms with Gasteiger partial charge in [-0.05, 0) is 32.3 Å². The lowest BCUT2D eigenvalue weighted by Crippen LogP contribution is -2.49. The predicted molar refractivity (Wildman–Crippen MR) is 93.4 cm³/mol. The van der Waals surface area contributed by atoms with Crippen LogP contribution < -0.4 is 5.32 Å². The van der Waals surface area contributed by atoms with Gasteiger partial charge in [0.1, 0.15) is 6.04 Å². The zero-order chi connectivity index (χ0) is 17.1. The van der Waals surface area contributed by atoms with Gasteiger partial charge in [0.25, 0.3) is 0 Å². The molecule has 2 fully saturated rings. The Morgan fingerprint density at radius 1 is 1.33 bits per heavy atom. The van der Waals surface area contributed by atoms with Crippen molar-refractivity contribution in [1.82, 2.24) is 15.1 Å². The summed E-state index contributed by atoms with van der Waals surface area (Å²) in [5, 5.41) is 2.81. The largest absolute Gasteiger partial charge is 0.344 e. The molecule has 2 amide bonds. The number of rotatable bonds is 5. The number of hydrogen-bond donors (Lipinski definition) is 1. The van der Waals surface area contributed by atoms with Crippen molar-refractivity contribution >= 4 is 11.8 Å². The van der Waals surface area contributed by atoms with E-state index in [1.54, 1.807) is 0 Å². The summed E-state index contributed by atoms with van der Waals surface area (Å²) < 4.78 is 0. The van der Waals surface area contributed by atoms with E-state index in [0.29, 0.717) is 25.4 Å². The Hall–Kier alpha value is -1.88. The van der Waals surface area contributed by atoms with Gasteiger partial charge >= 0.3 is 0 Å². The van der Waals surface area contributed by atoms with Crippen LogP contribution in [-0.4, -0.2) is 53.3 Å². The van der Waals surface area contributed by atoms with Gasteiger partial charge in [0.2, 0.25) is 11.8 Å². The van der Waals surface area contributed by atoms with E-state index in [9.17, 15) is 9.59 Å². The number of likely N-dealkylation sites (N-methyl/N-ethyl adjacent to an activating group) is 1. The number of nitrogens with one attached hydrogen (secondary N) is 1. The van der Waals surface area contributed by atoms with Crippen molar-refractivity contribution in [3.63, 3.8) is 0 Å². The lowest BCUT2D eigenvalue weighted by atomic mass is 10.1. The van der Waals surface area contributed by atoms with Gasteiger partial charge in [-0.1, -0.05) is 30.3 Å². The van der Waals surface area contributed by atoms with E-state index in [0.717, 1.165) is 19.5 Å². The number of carbonyl (C=O) groups is 2. The highest BCUT2D eigenvalue weighted by Gasteiger charge is 2.36. The van der Waals surface area contributed by atoms with Gasteiger partial charge in [0.05, 0.1) is 0 Å². The highest BCUT2D eigenvalue weighted by atomic mass is 16.2. The van der Waals surface area contributed by atoms with Crippen LogP contribution in [0.3, 0.4) is 0 Å². The molecule has 0 spiro atoms. The van der Waals surface area contributed by atoms with Crippen LogP contribution in [0.25, 0.3) is 0 Å². The molecule has 0 bridgehead atoms. The van der Waals surface area contributed by atoms with Crippen LogP contribution in [0.5, 0.6) is 0 Å². The van der Waals surface area contributed by atoms with Gasteiger partial charge in [-0.25, -0.2) is 0 Å². The van der Waals surface area contributed by atoms with Crippen molar-refractivity contribution in [3.8, 4) is 0 Å². The van der Waals surface area contributed by atoms with E-state index in [-0.39, 0.29) is 23.9 Å². The molecule has 1 aromatic rings. The first-order valence-electron chi connectivity index (χ1n) is 8.99. The molecule has 0 saturated carbocycles. The molecule has 2 aliphatic rings. The molecule has 2 heterocycles. The topological polar surface area (TPSA) is 52.7 Å². The summed E-state index contributed by atoms with van der Waals surface area (Å²) in [6.07, 6.45) is 2.10. The second kappa shape index (κ2) is 7.34. The Balaban J connectivity index is 1.63. The Labute approximate surface area is 144 Å². The fourth-order valence-electron chi connectivity index (χ4n) is 3.91. The first-order valence-corrected chi connectivity index (χ1v) is 8.99. The summed E-state index contributed by atoms with van der Waals surface area (Å²) in [6, 6.07) is 10.8. The molecular formula is C19H27N3O2. The van der Waals surface area contributed by atoms with E-state index >= 15 is 0 Å². The Morgan fingerprint density at radius 2 is 2.08 bits per heavy atom. The van der Waals surface area contributed by atoms with Crippen molar-refractivity contribution < 1.29 is 9.59 Å². The Morgan fingerprint density at radius 3 is 2.71 bits per heavy atom. The van der Waals surface area contributed by atoms with Gasteiger partial charge in [-0.15, -0.1) is 0 Å². The van der Waals surface area contributed by atoms with Crippen LogP contribution >= 0.6 is 0 Å². The maximum absolute atomic E-state index is 12.7. The molecule has 2 saturated heterocycles. The van der Waals surface area contributed by atoms with Crippen molar-refractivity contribution in [3.05, 3.63) is 35.9 Å². The van der Waals surface area contributed by atoms with Crippen LogP contribution in [0, 0.1) is 0 Å². The van der Waals surface area contributed by atoms with E-state index < -0.39 is 0 Å². The van der Waals surface area contributed by atoms with Crippen molar-refractivity contribution in [1.29, 1.82) is 0 Å². The first-order chi connectivity index (χ1) is 11.6. The number of likely N-dealkylation sites (tertiary alicyclic amines) is 1. The number of amides is 2. The van der Waals surface area contributed by atoms with Gasteiger partial charge in [-0.2, -0.15) is 0 Å². The standard InChI is InChI=1S/C19H27N3O2/c1-3-22(19(24)17-9-10-18(23)20-17)16-11-12-21(13-16)14(2)15-7-5-4-6-8-15/h4-8,14,16-17H,3,9-13H2,1-2H3,(H,20,23). The normalized spacial score (nSPS) is 25.5.